The van der Waals surface area contributed by atoms with Gasteiger partial charge in [-0.15, -0.1) is 0 Å². The third-order valence-electron chi connectivity index (χ3n) is 3.58. The van der Waals surface area contributed by atoms with Crippen LogP contribution in [0.4, 0.5) is 0 Å². The summed E-state index contributed by atoms with van der Waals surface area (Å²) in [5.74, 6) is 0.935. The van der Waals surface area contributed by atoms with Crippen molar-refractivity contribution < 1.29 is 17.5 Å². The number of nitrogens with zero attached hydrogens (tertiary/aromatic N) is 3. The molecule has 0 saturated heterocycles. The standard InChI is InChI=1S/C8H12O3S.C7H18N3/c1-7-5-3-4-6-8(7,2)12(9,10)11;1-8(2)7(9(3)4)10(5)6/h3-7H,1-2H3,(H,9,10,11);1-6H3/q;+1/p-1. The van der Waals surface area contributed by atoms with Crippen LogP contribution in [0.25, 0.3) is 0 Å². The minimum atomic E-state index is -4.26. The highest BCUT2D eigenvalue weighted by Crippen LogP contribution is 2.30. The van der Waals surface area contributed by atoms with Crippen molar-refractivity contribution in [2.45, 2.75) is 18.6 Å². The Balaban J connectivity index is 0.000000409. The van der Waals surface area contributed by atoms with E-state index in [1.54, 1.807) is 25.2 Å². The van der Waals surface area contributed by atoms with Crippen molar-refractivity contribution in [3.63, 3.8) is 0 Å². The predicted octanol–water partition coefficient (Wildman–Crippen LogP) is 0.790. The molecule has 0 amide bonds. The molecule has 22 heavy (non-hydrogen) atoms. The zero-order chi connectivity index (χ0) is 17.7. The summed E-state index contributed by atoms with van der Waals surface area (Å²) >= 11 is 0. The molecule has 6 nitrogen and oxygen atoms in total. The first-order chi connectivity index (χ1) is 9.84. The van der Waals surface area contributed by atoms with Crippen LogP contribution in [0.2, 0.25) is 0 Å². The first kappa shape index (κ1) is 20.7. The van der Waals surface area contributed by atoms with Crippen molar-refractivity contribution in [1.82, 2.24) is 9.80 Å². The highest BCUT2D eigenvalue weighted by Gasteiger charge is 2.34. The number of guanidine groups is 1. The van der Waals surface area contributed by atoms with Crippen molar-refractivity contribution in [2.24, 2.45) is 5.92 Å². The highest BCUT2D eigenvalue weighted by molar-refractivity contribution is 7.87. The van der Waals surface area contributed by atoms with Crippen LogP contribution < -0.4 is 0 Å². The van der Waals surface area contributed by atoms with Gasteiger partial charge < -0.3 is 4.55 Å². The lowest BCUT2D eigenvalue weighted by atomic mass is 9.91. The van der Waals surface area contributed by atoms with Gasteiger partial charge in [-0.25, -0.2) is 8.42 Å². The van der Waals surface area contributed by atoms with Gasteiger partial charge in [0.25, 0.3) is 0 Å². The molecule has 2 atom stereocenters. The molecule has 0 aliphatic heterocycles. The molecule has 0 heterocycles. The summed E-state index contributed by atoms with van der Waals surface area (Å²) in [5, 5.41) is 0. The van der Waals surface area contributed by atoms with E-state index in [9.17, 15) is 13.0 Å². The summed E-state index contributed by atoms with van der Waals surface area (Å²) in [6, 6.07) is 0. The Kier molecular flexibility index (Phi) is 7.31. The molecule has 1 rings (SSSR count). The molecule has 0 N–H and O–H groups in total. The molecule has 1 aliphatic carbocycles. The first-order valence-electron chi connectivity index (χ1n) is 7.05. The second kappa shape index (κ2) is 7.78. The highest BCUT2D eigenvalue weighted by atomic mass is 32.2. The molecule has 2 unspecified atom stereocenters. The maximum Gasteiger partial charge on any atom is 0.349 e. The van der Waals surface area contributed by atoms with E-state index in [1.165, 1.54) is 19.0 Å². The van der Waals surface area contributed by atoms with Crippen LogP contribution >= 0.6 is 0 Å². The van der Waals surface area contributed by atoms with E-state index in [0.29, 0.717) is 0 Å². The third-order valence-corrected chi connectivity index (χ3v) is 5.17. The van der Waals surface area contributed by atoms with Crippen LogP contribution in [0.3, 0.4) is 0 Å². The molecule has 1 aliphatic rings. The largest absolute Gasteiger partial charge is 0.747 e. The van der Waals surface area contributed by atoms with Gasteiger partial charge in [0.15, 0.2) is 0 Å². The van der Waals surface area contributed by atoms with Gasteiger partial charge in [-0.2, -0.15) is 0 Å². The SMILES string of the molecule is CC1C=CC=CC1(C)S(=O)(=O)[O-].CN(C)C(N(C)C)=[N+](C)C. The van der Waals surface area contributed by atoms with E-state index in [0.717, 1.165) is 0 Å². The lowest BCUT2D eigenvalue weighted by Gasteiger charge is -2.35. The summed E-state index contributed by atoms with van der Waals surface area (Å²) in [6.45, 7) is 3.16. The zero-order valence-electron chi connectivity index (χ0n) is 14.9. The zero-order valence-corrected chi connectivity index (χ0v) is 15.7. The van der Waals surface area contributed by atoms with Crippen LogP contribution in [-0.4, -0.2) is 80.3 Å². The first-order valence-corrected chi connectivity index (χ1v) is 8.45. The van der Waals surface area contributed by atoms with Crippen molar-refractivity contribution in [3.05, 3.63) is 24.3 Å². The third kappa shape index (κ3) is 5.14. The Hall–Kier alpha value is -1.34. The number of rotatable bonds is 1. The van der Waals surface area contributed by atoms with Gasteiger partial charge in [0, 0.05) is 0 Å². The monoisotopic (exact) mass is 331 g/mol. The summed E-state index contributed by atoms with van der Waals surface area (Å²) in [6.07, 6.45) is 6.50. The fourth-order valence-electron chi connectivity index (χ4n) is 2.33. The lowest BCUT2D eigenvalue weighted by Crippen LogP contribution is -2.40. The average molecular weight is 331 g/mol. The van der Waals surface area contributed by atoms with Crippen LogP contribution in [0.1, 0.15) is 13.8 Å². The molecule has 0 fully saturated rings. The number of hydrogen-bond donors (Lipinski definition) is 0. The molecule has 0 aromatic carbocycles. The van der Waals surface area contributed by atoms with Crippen molar-refractivity contribution in [3.8, 4) is 0 Å². The van der Waals surface area contributed by atoms with E-state index in [-0.39, 0.29) is 5.92 Å². The van der Waals surface area contributed by atoms with Gasteiger partial charge in [0.1, 0.15) is 10.1 Å². The molecule has 7 heteroatoms. The fourth-order valence-corrected chi connectivity index (χ4v) is 3.11. The predicted molar refractivity (Wildman–Crippen MR) is 90.0 cm³/mol. The fraction of sp³-hybridized carbons (Fsp3) is 0.667. The molecule has 0 aromatic heterocycles. The van der Waals surface area contributed by atoms with Gasteiger partial charge in [-0.05, 0) is 12.8 Å². The maximum absolute atomic E-state index is 10.9. The number of hydrogen-bond acceptors (Lipinski definition) is 3. The minimum Gasteiger partial charge on any atom is -0.747 e. The van der Waals surface area contributed by atoms with Gasteiger partial charge in [-0.3, -0.25) is 14.4 Å². The summed E-state index contributed by atoms with van der Waals surface area (Å²) in [4.78, 5) is 4.17. The van der Waals surface area contributed by atoms with Gasteiger partial charge in [-0.1, -0.05) is 31.2 Å². The molecule has 0 spiro atoms. The molecule has 0 saturated carbocycles. The summed E-state index contributed by atoms with van der Waals surface area (Å²) < 4.78 is 33.4. The van der Waals surface area contributed by atoms with Crippen molar-refractivity contribution in [2.75, 3.05) is 42.3 Å². The average Bonchev–Trinajstić information content (AvgIpc) is 2.30. The summed E-state index contributed by atoms with van der Waals surface area (Å²) in [7, 11) is 7.96. The van der Waals surface area contributed by atoms with Gasteiger partial charge >= 0.3 is 5.96 Å². The molecule has 0 bridgehead atoms. The topological polar surface area (TPSA) is 66.7 Å². The normalized spacial score (nSPS) is 23.4. The molecule has 128 valence electrons. The van der Waals surface area contributed by atoms with E-state index >= 15 is 0 Å². The van der Waals surface area contributed by atoms with Crippen molar-refractivity contribution in [1.29, 1.82) is 0 Å². The Bertz CT molecular complexity index is 549. The van der Waals surface area contributed by atoms with E-state index in [4.69, 9.17) is 0 Å². The van der Waals surface area contributed by atoms with Crippen LogP contribution in [-0.2, 0) is 10.1 Å². The molecular formula is C15H29N3O3S. The van der Waals surface area contributed by atoms with E-state index in [1.807, 2.05) is 42.3 Å². The second-order valence-corrected chi connectivity index (χ2v) is 7.94. The maximum atomic E-state index is 10.9. The van der Waals surface area contributed by atoms with Gasteiger partial charge in [0.05, 0.1) is 47.0 Å². The van der Waals surface area contributed by atoms with Crippen molar-refractivity contribution >= 4 is 16.1 Å². The Morgan fingerprint density at radius 1 is 1.14 bits per heavy atom. The van der Waals surface area contributed by atoms with Crippen LogP contribution in [0.15, 0.2) is 24.3 Å². The van der Waals surface area contributed by atoms with Crippen LogP contribution in [0, 0.1) is 5.92 Å². The van der Waals surface area contributed by atoms with E-state index < -0.39 is 14.9 Å². The smallest absolute Gasteiger partial charge is 0.349 e. The van der Waals surface area contributed by atoms with E-state index in [2.05, 4.69) is 14.4 Å². The minimum absolute atomic E-state index is 0.259. The Labute approximate surface area is 135 Å². The van der Waals surface area contributed by atoms with Crippen LogP contribution in [0.5, 0.6) is 0 Å². The lowest BCUT2D eigenvalue weighted by molar-refractivity contribution is -0.475. The van der Waals surface area contributed by atoms with Gasteiger partial charge in [0.2, 0.25) is 0 Å². The molecule has 0 aromatic rings. The Morgan fingerprint density at radius 3 is 1.77 bits per heavy atom. The quantitative estimate of drug-likeness (QED) is 0.308. The number of allylic oxidation sites excluding steroid dienone is 3. The molecular weight excluding hydrogens is 302 g/mol. The summed E-state index contributed by atoms with van der Waals surface area (Å²) in [5.41, 5.74) is 0. The Morgan fingerprint density at radius 2 is 1.59 bits per heavy atom. The molecule has 0 radical (unpaired) electrons. The second-order valence-electron chi connectivity index (χ2n) is 6.15.